The lowest BCUT2D eigenvalue weighted by atomic mass is 9.96. The minimum absolute atomic E-state index is 0.128. The predicted octanol–water partition coefficient (Wildman–Crippen LogP) is 4.53. The van der Waals surface area contributed by atoms with Crippen molar-refractivity contribution in [3.8, 4) is 5.75 Å². The fourth-order valence-corrected chi connectivity index (χ4v) is 4.08. The van der Waals surface area contributed by atoms with Crippen molar-refractivity contribution in [1.29, 1.82) is 0 Å². The van der Waals surface area contributed by atoms with Gasteiger partial charge in [-0.2, -0.15) is 0 Å². The summed E-state index contributed by atoms with van der Waals surface area (Å²) in [5.41, 5.74) is 1.50. The van der Waals surface area contributed by atoms with E-state index < -0.39 is 24.4 Å². The third-order valence-electron chi connectivity index (χ3n) is 5.74. The number of imide groups is 1. The number of hydrogen-bond acceptors (Lipinski definition) is 4. The zero-order valence-corrected chi connectivity index (χ0v) is 18.4. The number of urea groups is 1. The van der Waals surface area contributed by atoms with Gasteiger partial charge in [0, 0.05) is 5.69 Å². The molecule has 0 bridgehead atoms. The fourth-order valence-electron chi connectivity index (χ4n) is 4.08. The first kappa shape index (κ1) is 21.2. The third kappa shape index (κ3) is 3.95. The van der Waals surface area contributed by atoms with E-state index in [1.54, 1.807) is 37.5 Å². The number of nitrogens with zero attached hydrogens (tertiary/aromatic N) is 1. The second-order valence-corrected chi connectivity index (χ2v) is 7.89. The van der Waals surface area contributed by atoms with Crippen LogP contribution in [0.3, 0.4) is 0 Å². The molecule has 0 saturated carbocycles. The van der Waals surface area contributed by atoms with E-state index in [1.807, 2.05) is 48.5 Å². The Labute approximate surface area is 195 Å². The number of amides is 4. The molecule has 0 unspecified atom stereocenters. The Kier molecular flexibility index (Phi) is 5.43. The van der Waals surface area contributed by atoms with Crippen LogP contribution in [0, 0.1) is 0 Å². The van der Waals surface area contributed by atoms with Gasteiger partial charge in [-0.15, -0.1) is 0 Å². The number of nitrogens with one attached hydrogen (secondary N) is 2. The lowest BCUT2D eigenvalue weighted by Crippen LogP contribution is -2.38. The maximum Gasteiger partial charge on any atom is 0.329 e. The highest BCUT2D eigenvalue weighted by molar-refractivity contribution is 6.18. The number of rotatable bonds is 5. The first-order chi connectivity index (χ1) is 16.5. The minimum atomic E-state index is -0.634. The van der Waals surface area contributed by atoms with Crippen LogP contribution in [0.5, 0.6) is 5.75 Å². The Bertz CT molecular complexity index is 1420. The van der Waals surface area contributed by atoms with Gasteiger partial charge in [-0.3, -0.25) is 9.59 Å². The van der Waals surface area contributed by atoms with Crippen LogP contribution in [0.4, 0.5) is 10.5 Å². The normalized spacial score (nSPS) is 14.6. The van der Waals surface area contributed by atoms with Crippen LogP contribution < -0.4 is 15.4 Å². The molecule has 2 N–H and O–H groups in total. The molecule has 0 radical (unpaired) electrons. The van der Waals surface area contributed by atoms with Gasteiger partial charge in [0.1, 0.15) is 18.0 Å². The number of benzene rings is 4. The highest BCUT2D eigenvalue weighted by Gasteiger charge is 2.35. The summed E-state index contributed by atoms with van der Waals surface area (Å²) in [4.78, 5) is 39.0. The van der Waals surface area contributed by atoms with E-state index in [0.29, 0.717) is 11.4 Å². The van der Waals surface area contributed by atoms with Crippen molar-refractivity contribution in [2.75, 3.05) is 19.0 Å². The Balaban J connectivity index is 1.42. The first-order valence-electron chi connectivity index (χ1n) is 10.7. The molecule has 7 nitrogen and oxygen atoms in total. The summed E-state index contributed by atoms with van der Waals surface area (Å²) >= 11 is 0. The summed E-state index contributed by atoms with van der Waals surface area (Å²) in [5.74, 6) is -0.375. The zero-order valence-electron chi connectivity index (χ0n) is 18.4. The molecular weight excluding hydrogens is 430 g/mol. The van der Waals surface area contributed by atoms with E-state index in [-0.39, 0.29) is 5.70 Å². The van der Waals surface area contributed by atoms with E-state index in [1.165, 1.54) is 0 Å². The molecule has 4 amide bonds. The first-order valence-corrected chi connectivity index (χ1v) is 10.7. The summed E-state index contributed by atoms with van der Waals surface area (Å²) in [5, 5.41) is 9.29. The Hall–Kier alpha value is -4.65. The van der Waals surface area contributed by atoms with Crippen molar-refractivity contribution in [1.82, 2.24) is 10.2 Å². The lowest BCUT2D eigenvalue weighted by molar-refractivity contribution is -0.127. The zero-order chi connectivity index (χ0) is 23.7. The standard InChI is InChI=1S/C27H21N3O4/c1-34-20-12-10-19(11-13-20)28-25(31)16-30-26(32)24(29-27(30)33)15-23-21-8-4-2-6-17(21)14-18-7-3-5-9-22(18)23/h2-15H,16H2,1H3,(H,28,31)(H,29,33)/b24-15-. The molecule has 0 aliphatic carbocycles. The van der Waals surface area contributed by atoms with E-state index in [9.17, 15) is 14.4 Å². The topological polar surface area (TPSA) is 87.7 Å². The van der Waals surface area contributed by atoms with Crippen molar-refractivity contribution in [3.63, 3.8) is 0 Å². The van der Waals surface area contributed by atoms with Gasteiger partial charge in [-0.05, 0) is 63.5 Å². The molecular formula is C27H21N3O4. The molecule has 5 rings (SSSR count). The Morgan fingerprint density at radius 3 is 2.18 bits per heavy atom. The van der Waals surface area contributed by atoms with E-state index >= 15 is 0 Å². The maximum absolute atomic E-state index is 13.0. The molecule has 4 aromatic carbocycles. The number of ether oxygens (including phenoxy) is 1. The van der Waals surface area contributed by atoms with Gasteiger partial charge >= 0.3 is 6.03 Å². The smallest absolute Gasteiger partial charge is 0.329 e. The largest absolute Gasteiger partial charge is 0.497 e. The Morgan fingerprint density at radius 2 is 1.56 bits per heavy atom. The number of carbonyl (C=O) groups is 3. The van der Waals surface area contributed by atoms with Crippen molar-refractivity contribution >= 4 is 51.2 Å². The minimum Gasteiger partial charge on any atom is -0.497 e. The molecule has 7 heteroatoms. The quantitative estimate of drug-likeness (QED) is 0.265. The van der Waals surface area contributed by atoms with Crippen LogP contribution >= 0.6 is 0 Å². The van der Waals surface area contributed by atoms with Gasteiger partial charge in [0.2, 0.25) is 5.91 Å². The van der Waals surface area contributed by atoms with E-state index in [0.717, 1.165) is 32.0 Å². The van der Waals surface area contributed by atoms with E-state index in [4.69, 9.17) is 4.74 Å². The molecule has 0 aromatic heterocycles. The SMILES string of the molecule is COc1ccc(NC(=O)CN2C(=O)N/C(=C\c3c4ccccc4cc4ccccc34)C2=O)cc1. The molecule has 34 heavy (non-hydrogen) atoms. The van der Waals surface area contributed by atoms with Gasteiger partial charge in [-0.25, -0.2) is 9.69 Å². The summed E-state index contributed by atoms with van der Waals surface area (Å²) in [7, 11) is 1.55. The van der Waals surface area contributed by atoms with Crippen LogP contribution in [0.15, 0.2) is 84.6 Å². The number of fused-ring (bicyclic) bond motifs is 2. The van der Waals surface area contributed by atoms with Gasteiger partial charge in [0.15, 0.2) is 0 Å². The van der Waals surface area contributed by atoms with Crippen molar-refractivity contribution in [2.24, 2.45) is 0 Å². The molecule has 1 fully saturated rings. The van der Waals surface area contributed by atoms with Crippen molar-refractivity contribution in [3.05, 3.63) is 90.1 Å². The van der Waals surface area contributed by atoms with Crippen LogP contribution in [0.25, 0.3) is 27.6 Å². The fraction of sp³-hybridized carbons (Fsp3) is 0.0741. The molecule has 1 saturated heterocycles. The number of anilines is 1. The van der Waals surface area contributed by atoms with Gasteiger partial charge in [0.25, 0.3) is 5.91 Å². The van der Waals surface area contributed by atoms with Gasteiger partial charge in [0.05, 0.1) is 7.11 Å². The van der Waals surface area contributed by atoms with Gasteiger partial charge < -0.3 is 15.4 Å². The van der Waals surface area contributed by atoms with E-state index in [2.05, 4.69) is 16.7 Å². The van der Waals surface area contributed by atoms with Crippen molar-refractivity contribution < 1.29 is 19.1 Å². The molecule has 1 aliphatic heterocycles. The summed E-state index contributed by atoms with van der Waals surface area (Å²) < 4.78 is 5.10. The maximum atomic E-state index is 13.0. The average Bonchev–Trinajstić information content (AvgIpc) is 3.11. The molecule has 1 heterocycles. The summed E-state index contributed by atoms with van der Waals surface area (Å²) in [6, 6.07) is 24.0. The van der Waals surface area contributed by atoms with Crippen molar-refractivity contribution in [2.45, 2.75) is 0 Å². The predicted molar refractivity (Wildman–Crippen MR) is 131 cm³/mol. The third-order valence-corrected chi connectivity index (χ3v) is 5.74. The van der Waals surface area contributed by atoms with Crippen LogP contribution in [0.1, 0.15) is 5.56 Å². The molecule has 0 atom stereocenters. The Morgan fingerprint density at radius 1 is 0.941 bits per heavy atom. The van der Waals surface area contributed by atoms with Gasteiger partial charge in [-0.1, -0.05) is 48.5 Å². The summed E-state index contributed by atoms with van der Waals surface area (Å²) in [6.07, 6.45) is 1.69. The monoisotopic (exact) mass is 451 g/mol. The van der Waals surface area contributed by atoms with Crippen LogP contribution in [0.2, 0.25) is 0 Å². The molecule has 4 aromatic rings. The number of carbonyl (C=O) groups excluding carboxylic acids is 3. The molecule has 1 aliphatic rings. The summed E-state index contributed by atoms with van der Waals surface area (Å²) in [6.45, 7) is -0.398. The lowest BCUT2D eigenvalue weighted by Gasteiger charge is -2.12. The highest BCUT2D eigenvalue weighted by atomic mass is 16.5. The molecule has 0 spiro atoms. The molecule has 168 valence electrons. The van der Waals surface area contributed by atoms with Crippen LogP contribution in [-0.4, -0.2) is 36.4 Å². The second kappa shape index (κ2) is 8.71. The highest BCUT2D eigenvalue weighted by Crippen LogP contribution is 2.30. The second-order valence-electron chi connectivity index (χ2n) is 7.89. The number of methoxy groups -OCH3 is 1. The van der Waals surface area contributed by atoms with Crippen LogP contribution in [-0.2, 0) is 9.59 Å². The average molecular weight is 451 g/mol. The number of hydrogen-bond donors (Lipinski definition) is 2.